The molecule has 0 spiro atoms. The van der Waals surface area contributed by atoms with E-state index in [1.54, 1.807) is 42.5 Å². The van der Waals surface area contributed by atoms with Gasteiger partial charge in [-0.1, -0.05) is 23.8 Å². The van der Waals surface area contributed by atoms with Crippen LogP contribution in [0.2, 0.25) is 0 Å². The minimum absolute atomic E-state index is 0.0941. The largest absolute Gasteiger partial charge is 0.507 e. The lowest BCUT2D eigenvalue weighted by molar-refractivity contribution is -0.132. The van der Waals surface area contributed by atoms with E-state index in [9.17, 15) is 19.8 Å². The van der Waals surface area contributed by atoms with Gasteiger partial charge in [0.15, 0.2) is 0 Å². The number of aromatic nitrogens is 1. The molecule has 1 fully saturated rings. The van der Waals surface area contributed by atoms with Crippen molar-refractivity contribution in [2.75, 3.05) is 12.0 Å². The van der Waals surface area contributed by atoms with E-state index in [0.29, 0.717) is 16.9 Å². The number of aliphatic hydroxyl groups is 1. The molecule has 2 N–H and O–H groups in total. The molecule has 3 aromatic rings. The number of ketones is 1. The summed E-state index contributed by atoms with van der Waals surface area (Å²) in [5.41, 5.74) is 1.78. The van der Waals surface area contributed by atoms with Gasteiger partial charge < -0.3 is 14.9 Å². The van der Waals surface area contributed by atoms with Gasteiger partial charge in [0.25, 0.3) is 11.7 Å². The molecule has 1 aliphatic heterocycles. The number of rotatable bonds is 4. The molecular weight excluding hydrogens is 396 g/mol. The first-order valence-electron chi connectivity index (χ1n) is 9.58. The van der Waals surface area contributed by atoms with Gasteiger partial charge in [-0.25, -0.2) is 0 Å². The Morgan fingerprint density at radius 3 is 2.45 bits per heavy atom. The number of aryl methyl sites for hydroxylation is 1. The lowest BCUT2D eigenvalue weighted by atomic mass is 9.95. The molecule has 31 heavy (non-hydrogen) atoms. The Hall–Kier alpha value is -4.13. The van der Waals surface area contributed by atoms with E-state index in [2.05, 4.69) is 4.98 Å². The number of aromatic hydroxyl groups is 1. The van der Waals surface area contributed by atoms with Crippen LogP contribution >= 0.6 is 0 Å². The van der Waals surface area contributed by atoms with Crippen molar-refractivity contribution in [3.8, 4) is 11.5 Å². The third-order valence-corrected chi connectivity index (χ3v) is 5.22. The van der Waals surface area contributed by atoms with Gasteiger partial charge in [0, 0.05) is 12.4 Å². The van der Waals surface area contributed by atoms with Gasteiger partial charge in [-0.05, 0) is 48.9 Å². The number of hydrogen-bond donors (Lipinski definition) is 2. The predicted molar refractivity (Wildman–Crippen MR) is 115 cm³/mol. The molecule has 0 saturated carbocycles. The summed E-state index contributed by atoms with van der Waals surface area (Å²) < 4.78 is 5.36. The van der Waals surface area contributed by atoms with E-state index in [-0.39, 0.29) is 22.8 Å². The number of hydrogen-bond acceptors (Lipinski definition) is 6. The van der Waals surface area contributed by atoms with Crippen molar-refractivity contribution >= 4 is 23.1 Å². The van der Waals surface area contributed by atoms with Crippen LogP contribution in [0.15, 0.2) is 72.6 Å². The van der Waals surface area contributed by atoms with E-state index in [4.69, 9.17) is 4.74 Å². The number of benzene rings is 2. The average Bonchev–Trinajstić information content (AvgIpc) is 3.05. The first-order valence-corrected chi connectivity index (χ1v) is 9.58. The smallest absolute Gasteiger partial charge is 0.300 e. The van der Waals surface area contributed by atoms with E-state index in [1.807, 2.05) is 13.0 Å². The number of nitrogens with zero attached hydrogens (tertiary/aromatic N) is 2. The number of pyridine rings is 1. The number of methoxy groups -OCH3 is 1. The minimum atomic E-state index is -0.957. The van der Waals surface area contributed by atoms with Crippen LogP contribution in [0.4, 0.5) is 5.69 Å². The maximum absolute atomic E-state index is 13.1. The van der Waals surface area contributed by atoms with Gasteiger partial charge in [-0.2, -0.15) is 0 Å². The van der Waals surface area contributed by atoms with Crippen LogP contribution in [0.3, 0.4) is 0 Å². The molecule has 1 unspecified atom stereocenters. The number of carbonyl (C=O) groups excluding carboxylic acids is 2. The summed E-state index contributed by atoms with van der Waals surface area (Å²) in [5.74, 6) is -1.84. The quantitative estimate of drug-likeness (QED) is 0.382. The first kappa shape index (κ1) is 20.2. The number of phenolic OH excluding ortho intramolecular Hbond substituents is 1. The van der Waals surface area contributed by atoms with E-state index in [0.717, 1.165) is 5.56 Å². The molecule has 1 atom stereocenters. The number of phenols is 1. The number of carbonyl (C=O) groups is 2. The highest BCUT2D eigenvalue weighted by Crippen LogP contribution is 2.45. The van der Waals surface area contributed by atoms with Crippen molar-refractivity contribution in [3.63, 3.8) is 0 Å². The van der Waals surface area contributed by atoms with Gasteiger partial charge in [-0.3, -0.25) is 19.5 Å². The Morgan fingerprint density at radius 2 is 1.77 bits per heavy atom. The van der Waals surface area contributed by atoms with Crippen molar-refractivity contribution in [2.24, 2.45) is 0 Å². The molecule has 7 nitrogen and oxygen atoms in total. The zero-order chi connectivity index (χ0) is 22.1. The lowest BCUT2D eigenvalue weighted by Crippen LogP contribution is -2.29. The molecule has 4 rings (SSSR count). The Balaban J connectivity index is 2.00. The highest BCUT2D eigenvalue weighted by Gasteiger charge is 2.47. The highest BCUT2D eigenvalue weighted by atomic mass is 16.5. The summed E-state index contributed by atoms with van der Waals surface area (Å²) in [6.45, 7) is 1.84. The number of anilines is 1. The maximum Gasteiger partial charge on any atom is 0.300 e. The first-order chi connectivity index (χ1) is 14.9. The molecule has 0 aliphatic carbocycles. The molecule has 1 amide bonds. The van der Waals surface area contributed by atoms with Crippen LogP contribution in [0, 0.1) is 6.92 Å². The standard InChI is InChI=1S/C24H20N2O5/c1-14-7-8-19(31-2)16(13-14)22(28)20-21(15-9-11-25-12-10-15)26(24(30)23(20)29)17-5-3-4-6-18(17)27/h3-13,21,27-28H,1-2H3/b22-20+. The average molecular weight is 416 g/mol. The SMILES string of the molecule is COc1ccc(C)cc1/C(O)=C1\C(=O)C(=O)N(c2ccccc2O)C1c1ccncc1. The zero-order valence-electron chi connectivity index (χ0n) is 16.9. The van der Waals surface area contributed by atoms with Crippen LogP contribution < -0.4 is 9.64 Å². The summed E-state index contributed by atoms with van der Waals surface area (Å²) in [6, 6.07) is 13.8. The second-order valence-corrected chi connectivity index (χ2v) is 7.14. The molecule has 2 heterocycles. The Kier molecular flexibility index (Phi) is 5.17. The van der Waals surface area contributed by atoms with Gasteiger partial charge in [0.05, 0.1) is 30.0 Å². The Morgan fingerprint density at radius 1 is 1.06 bits per heavy atom. The zero-order valence-corrected chi connectivity index (χ0v) is 16.9. The molecule has 1 aromatic heterocycles. The summed E-state index contributed by atoms with van der Waals surface area (Å²) >= 11 is 0. The summed E-state index contributed by atoms with van der Waals surface area (Å²) in [4.78, 5) is 31.4. The summed E-state index contributed by atoms with van der Waals surface area (Å²) in [6.07, 6.45) is 3.07. The topological polar surface area (TPSA) is 100.0 Å². The number of amides is 1. The molecule has 7 heteroatoms. The van der Waals surface area contributed by atoms with Crippen LogP contribution in [-0.4, -0.2) is 34.0 Å². The number of para-hydroxylation sites is 2. The van der Waals surface area contributed by atoms with E-state index >= 15 is 0 Å². The van der Waals surface area contributed by atoms with Crippen molar-refractivity contribution in [1.29, 1.82) is 0 Å². The van der Waals surface area contributed by atoms with Crippen molar-refractivity contribution in [3.05, 3.63) is 89.3 Å². The molecule has 1 saturated heterocycles. The van der Waals surface area contributed by atoms with Crippen LogP contribution in [0.1, 0.15) is 22.7 Å². The minimum Gasteiger partial charge on any atom is -0.507 e. The van der Waals surface area contributed by atoms with Crippen LogP contribution in [0.25, 0.3) is 5.76 Å². The number of aliphatic hydroxyl groups excluding tert-OH is 1. The monoisotopic (exact) mass is 416 g/mol. The Bertz CT molecular complexity index is 1200. The lowest BCUT2D eigenvalue weighted by Gasteiger charge is -2.26. The molecule has 1 aliphatic rings. The summed E-state index contributed by atoms with van der Waals surface area (Å²) in [7, 11) is 1.46. The van der Waals surface area contributed by atoms with E-state index in [1.165, 1.54) is 30.5 Å². The summed E-state index contributed by atoms with van der Waals surface area (Å²) in [5, 5.41) is 21.6. The molecule has 156 valence electrons. The number of Topliss-reactive ketones (excluding diaryl/α,β-unsaturated/α-hetero) is 1. The second-order valence-electron chi connectivity index (χ2n) is 7.14. The van der Waals surface area contributed by atoms with Crippen LogP contribution in [-0.2, 0) is 9.59 Å². The second kappa shape index (κ2) is 7.95. The number of ether oxygens (including phenoxy) is 1. The van der Waals surface area contributed by atoms with Crippen LogP contribution in [0.5, 0.6) is 11.5 Å². The van der Waals surface area contributed by atoms with Gasteiger partial charge in [0.1, 0.15) is 17.3 Å². The maximum atomic E-state index is 13.1. The molecular formula is C24H20N2O5. The van der Waals surface area contributed by atoms with Gasteiger partial charge in [0.2, 0.25) is 0 Å². The fourth-order valence-electron chi connectivity index (χ4n) is 3.76. The van der Waals surface area contributed by atoms with Crippen molar-refractivity contribution < 1.29 is 24.5 Å². The molecule has 0 bridgehead atoms. The van der Waals surface area contributed by atoms with Crippen molar-refractivity contribution in [1.82, 2.24) is 4.98 Å². The molecule has 2 aromatic carbocycles. The fourth-order valence-corrected chi connectivity index (χ4v) is 3.76. The normalized spacial score (nSPS) is 17.7. The van der Waals surface area contributed by atoms with Gasteiger partial charge >= 0.3 is 0 Å². The Labute approximate surface area is 178 Å². The third-order valence-electron chi connectivity index (χ3n) is 5.22. The predicted octanol–water partition coefficient (Wildman–Crippen LogP) is 3.73. The molecule has 0 radical (unpaired) electrons. The fraction of sp³-hybridized carbons (Fsp3) is 0.125. The third kappa shape index (κ3) is 3.40. The highest BCUT2D eigenvalue weighted by molar-refractivity contribution is 6.52. The van der Waals surface area contributed by atoms with Crippen molar-refractivity contribution in [2.45, 2.75) is 13.0 Å². The van der Waals surface area contributed by atoms with E-state index < -0.39 is 17.7 Å². The van der Waals surface area contributed by atoms with Gasteiger partial charge in [-0.15, -0.1) is 0 Å².